The molecule has 2 bridgehead atoms. The number of carbonyl (C=O) groups excluding carboxylic acids is 1. The molecule has 3 aliphatic heterocycles. The van der Waals surface area contributed by atoms with Crippen LogP contribution in [0.3, 0.4) is 0 Å². The van der Waals surface area contributed by atoms with Gasteiger partial charge in [0.25, 0.3) is 0 Å². The van der Waals surface area contributed by atoms with Crippen LogP contribution < -0.4 is 0 Å². The first-order chi connectivity index (χ1) is 11.6. The van der Waals surface area contributed by atoms with Crippen molar-refractivity contribution < 1.29 is 9.18 Å². The van der Waals surface area contributed by atoms with Crippen LogP contribution in [0.1, 0.15) is 37.7 Å². The molecule has 3 saturated heterocycles. The number of fused-ring (bicyclic) bond motifs is 4. The van der Waals surface area contributed by atoms with E-state index in [1.807, 2.05) is 0 Å². The van der Waals surface area contributed by atoms with Crippen molar-refractivity contribution in [1.29, 1.82) is 0 Å². The van der Waals surface area contributed by atoms with Gasteiger partial charge < -0.3 is 4.90 Å². The lowest BCUT2D eigenvalue weighted by Crippen LogP contribution is -2.50. The molecule has 0 N–H and O–H groups in total. The van der Waals surface area contributed by atoms with Gasteiger partial charge in [0.1, 0.15) is 5.82 Å². The predicted molar refractivity (Wildman–Crippen MR) is 92.3 cm³/mol. The van der Waals surface area contributed by atoms with Crippen molar-refractivity contribution in [3.8, 4) is 0 Å². The quantitative estimate of drug-likeness (QED) is 0.826. The van der Waals surface area contributed by atoms with Gasteiger partial charge in [0.2, 0.25) is 5.91 Å². The Kier molecular flexibility index (Phi) is 4.52. The maximum atomic E-state index is 14.1. The predicted octanol–water partition coefficient (Wildman–Crippen LogP) is 3.70. The van der Waals surface area contributed by atoms with E-state index in [4.69, 9.17) is 11.6 Å². The summed E-state index contributed by atoms with van der Waals surface area (Å²) in [6.45, 7) is 3.05. The van der Waals surface area contributed by atoms with Crippen LogP contribution in [0.4, 0.5) is 4.39 Å². The molecular weight excluding hydrogens is 327 g/mol. The molecule has 4 aliphatic rings. The molecule has 0 unspecified atom stereocenters. The van der Waals surface area contributed by atoms with E-state index in [-0.39, 0.29) is 11.7 Å². The van der Waals surface area contributed by atoms with Crippen molar-refractivity contribution in [3.05, 3.63) is 34.6 Å². The Morgan fingerprint density at radius 1 is 1.17 bits per heavy atom. The summed E-state index contributed by atoms with van der Waals surface area (Å²) >= 11 is 6.01. The number of benzene rings is 1. The molecule has 0 radical (unpaired) electrons. The summed E-state index contributed by atoms with van der Waals surface area (Å²) in [5.41, 5.74) is 0.627. The van der Waals surface area contributed by atoms with Crippen LogP contribution in [-0.2, 0) is 11.3 Å². The fraction of sp³-hybridized carbons (Fsp3) is 0.632. The minimum Gasteiger partial charge on any atom is -0.338 e. The normalized spacial score (nSPS) is 28.1. The van der Waals surface area contributed by atoms with Crippen LogP contribution in [0.15, 0.2) is 18.2 Å². The highest BCUT2D eigenvalue weighted by Crippen LogP contribution is 2.34. The van der Waals surface area contributed by atoms with Gasteiger partial charge in [0.15, 0.2) is 0 Å². The van der Waals surface area contributed by atoms with Crippen LogP contribution in [0.25, 0.3) is 0 Å². The Labute approximate surface area is 147 Å². The summed E-state index contributed by atoms with van der Waals surface area (Å²) in [5, 5.41) is 0.562. The summed E-state index contributed by atoms with van der Waals surface area (Å²) in [5.74, 6) is 0.888. The van der Waals surface area contributed by atoms with Gasteiger partial charge in [-0.25, -0.2) is 4.39 Å². The molecule has 1 aromatic carbocycles. The topological polar surface area (TPSA) is 23.6 Å². The maximum Gasteiger partial charge on any atom is 0.227 e. The second-order valence-electron chi connectivity index (χ2n) is 7.65. The molecule has 4 fully saturated rings. The van der Waals surface area contributed by atoms with Crippen LogP contribution in [0, 0.1) is 17.7 Å². The van der Waals surface area contributed by atoms with Crippen LogP contribution >= 0.6 is 11.6 Å². The van der Waals surface area contributed by atoms with E-state index < -0.39 is 0 Å². The second-order valence-corrected chi connectivity index (χ2v) is 8.08. The fourth-order valence-electron chi connectivity index (χ4n) is 4.36. The Balaban J connectivity index is 1.49. The van der Waals surface area contributed by atoms with Gasteiger partial charge in [0.05, 0.1) is 5.92 Å². The van der Waals surface area contributed by atoms with Gasteiger partial charge in [-0.1, -0.05) is 18.0 Å². The van der Waals surface area contributed by atoms with Gasteiger partial charge in [-0.15, -0.1) is 0 Å². The van der Waals surface area contributed by atoms with E-state index in [0.717, 1.165) is 32.5 Å². The fourth-order valence-corrected chi connectivity index (χ4v) is 4.55. The van der Waals surface area contributed by atoms with Gasteiger partial charge in [-0.05, 0) is 49.8 Å². The van der Waals surface area contributed by atoms with Crippen molar-refractivity contribution in [2.45, 2.75) is 44.7 Å². The second kappa shape index (κ2) is 6.64. The van der Waals surface area contributed by atoms with Crippen molar-refractivity contribution >= 4 is 17.5 Å². The SMILES string of the molecule is O=C1[C@H]2CC[C@H](CN(Cc3cc(Cl)ccc3F)C2)N1CC1CCC1. The lowest BCUT2D eigenvalue weighted by atomic mass is 9.83. The molecule has 1 saturated carbocycles. The third-order valence-corrected chi connectivity index (χ3v) is 6.19. The highest BCUT2D eigenvalue weighted by Gasteiger charge is 2.41. The molecule has 5 heteroatoms. The Hall–Kier alpha value is -1.13. The molecule has 24 heavy (non-hydrogen) atoms. The molecule has 1 amide bonds. The van der Waals surface area contributed by atoms with E-state index in [2.05, 4.69) is 9.80 Å². The average Bonchev–Trinajstić information content (AvgIpc) is 2.78. The number of amides is 1. The highest BCUT2D eigenvalue weighted by atomic mass is 35.5. The number of nitrogens with zero attached hydrogens (tertiary/aromatic N) is 2. The Bertz CT molecular complexity index is 634. The minimum absolute atomic E-state index is 0.0751. The van der Waals surface area contributed by atoms with Crippen molar-refractivity contribution in [2.24, 2.45) is 11.8 Å². The number of hydrogen-bond donors (Lipinski definition) is 0. The molecule has 3 heterocycles. The van der Waals surface area contributed by atoms with E-state index in [9.17, 15) is 9.18 Å². The lowest BCUT2D eigenvalue weighted by Gasteiger charge is -2.40. The Morgan fingerprint density at radius 2 is 2.00 bits per heavy atom. The molecule has 1 aromatic rings. The third-order valence-electron chi connectivity index (χ3n) is 5.95. The summed E-state index contributed by atoms with van der Waals surface area (Å²) in [7, 11) is 0. The first-order valence-electron chi connectivity index (χ1n) is 9.07. The number of piperidine rings is 1. The number of rotatable bonds is 4. The molecule has 130 valence electrons. The van der Waals surface area contributed by atoms with Crippen LogP contribution in [0.2, 0.25) is 5.02 Å². The van der Waals surface area contributed by atoms with E-state index >= 15 is 0 Å². The van der Waals surface area contributed by atoms with Crippen molar-refractivity contribution in [3.63, 3.8) is 0 Å². The third kappa shape index (κ3) is 3.18. The van der Waals surface area contributed by atoms with Crippen molar-refractivity contribution in [2.75, 3.05) is 19.6 Å². The lowest BCUT2D eigenvalue weighted by molar-refractivity contribution is -0.141. The Morgan fingerprint density at radius 3 is 2.75 bits per heavy atom. The van der Waals surface area contributed by atoms with Crippen LogP contribution in [0.5, 0.6) is 0 Å². The number of hydrogen-bond acceptors (Lipinski definition) is 2. The first-order valence-corrected chi connectivity index (χ1v) is 9.44. The molecule has 0 aromatic heterocycles. The average molecular weight is 351 g/mol. The van der Waals surface area contributed by atoms with Crippen molar-refractivity contribution in [1.82, 2.24) is 9.80 Å². The summed E-state index contributed by atoms with van der Waals surface area (Å²) in [6.07, 6.45) is 5.88. The number of carbonyl (C=O) groups is 1. The zero-order valence-corrected chi connectivity index (χ0v) is 14.6. The monoisotopic (exact) mass is 350 g/mol. The molecule has 5 rings (SSSR count). The summed E-state index contributed by atoms with van der Waals surface area (Å²) in [4.78, 5) is 17.2. The largest absolute Gasteiger partial charge is 0.338 e. The standard InChI is InChI=1S/C19H24ClFN2O/c20-16-5-7-18(21)15(8-16)11-22-10-14-4-6-17(12-22)23(19(14)24)9-13-2-1-3-13/h5,7-8,13-14,17H,1-4,6,9-12H2/t14-,17+/m0/s1. The molecule has 3 nitrogen and oxygen atoms in total. The van der Waals surface area contributed by atoms with Crippen LogP contribution in [-0.4, -0.2) is 41.4 Å². The maximum absolute atomic E-state index is 14.1. The smallest absolute Gasteiger partial charge is 0.227 e. The van der Waals surface area contributed by atoms with E-state index in [1.54, 1.807) is 12.1 Å². The van der Waals surface area contributed by atoms with E-state index in [0.29, 0.717) is 35.0 Å². The first kappa shape index (κ1) is 16.3. The van der Waals surface area contributed by atoms with Gasteiger partial charge in [-0.3, -0.25) is 9.69 Å². The minimum atomic E-state index is -0.214. The highest BCUT2D eigenvalue weighted by molar-refractivity contribution is 6.30. The number of halogens is 2. The zero-order chi connectivity index (χ0) is 16.7. The molecule has 2 atom stereocenters. The summed E-state index contributed by atoms with van der Waals surface area (Å²) < 4.78 is 14.1. The molecular formula is C19H24ClFN2O. The zero-order valence-electron chi connectivity index (χ0n) is 13.9. The van der Waals surface area contributed by atoms with Gasteiger partial charge >= 0.3 is 0 Å². The van der Waals surface area contributed by atoms with Gasteiger partial charge in [-0.2, -0.15) is 0 Å². The van der Waals surface area contributed by atoms with Gasteiger partial charge in [0, 0.05) is 42.8 Å². The molecule has 0 spiro atoms. The molecule has 1 aliphatic carbocycles. The van der Waals surface area contributed by atoms with E-state index in [1.165, 1.54) is 25.3 Å². The summed E-state index contributed by atoms with van der Waals surface area (Å²) in [6, 6.07) is 5.01.